The highest BCUT2D eigenvalue weighted by Crippen LogP contribution is 2.34. The molecule has 24 heavy (non-hydrogen) atoms. The van der Waals surface area contributed by atoms with Gasteiger partial charge in [0, 0.05) is 24.5 Å². The largest absolute Gasteiger partial charge is 0.382 e. The molecule has 0 aliphatic carbocycles. The zero-order chi connectivity index (χ0) is 16.3. The lowest BCUT2D eigenvalue weighted by Gasteiger charge is -2.39. The summed E-state index contributed by atoms with van der Waals surface area (Å²) < 4.78 is 19.5. The van der Waals surface area contributed by atoms with E-state index in [9.17, 15) is 9.50 Å². The number of hydrogen-bond donors (Lipinski definition) is 2. The molecule has 0 spiro atoms. The number of nitrogens with one attached hydrogen (secondary N) is 1. The van der Waals surface area contributed by atoms with Crippen molar-refractivity contribution in [2.45, 2.75) is 18.1 Å². The maximum absolute atomic E-state index is 13.7. The van der Waals surface area contributed by atoms with E-state index in [-0.39, 0.29) is 24.6 Å². The molecule has 1 aliphatic rings. The Kier molecular flexibility index (Phi) is 6.61. The van der Waals surface area contributed by atoms with Crippen molar-refractivity contribution in [3.8, 4) is 0 Å². The van der Waals surface area contributed by atoms with Crippen LogP contribution >= 0.6 is 24.0 Å². The third kappa shape index (κ3) is 4.08. The third-order valence-corrected chi connectivity index (χ3v) is 4.57. The summed E-state index contributed by atoms with van der Waals surface area (Å²) in [6, 6.07) is 13.4. The van der Waals surface area contributed by atoms with Crippen molar-refractivity contribution in [3.63, 3.8) is 0 Å². The molecule has 0 radical (unpaired) electrons. The van der Waals surface area contributed by atoms with Gasteiger partial charge in [-0.3, -0.25) is 0 Å². The van der Waals surface area contributed by atoms with Gasteiger partial charge in [0.25, 0.3) is 0 Å². The van der Waals surface area contributed by atoms with Crippen LogP contribution in [0, 0.1) is 5.82 Å². The minimum Gasteiger partial charge on any atom is -0.382 e. The first-order valence-corrected chi connectivity index (χ1v) is 8.01. The molecule has 0 saturated carbocycles. The minimum absolute atomic E-state index is 0. The van der Waals surface area contributed by atoms with Crippen LogP contribution in [0.3, 0.4) is 0 Å². The maximum Gasteiger partial charge on any atom is 0.123 e. The molecule has 2 aromatic carbocycles. The van der Waals surface area contributed by atoms with E-state index in [1.807, 2.05) is 18.2 Å². The Hall–Kier alpha value is -1.17. The van der Waals surface area contributed by atoms with Crippen LogP contribution in [0.5, 0.6) is 0 Å². The molecule has 1 heterocycles. The van der Waals surface area contributed by atoms with Crippen molar-refractivity contribution < 1.29 is 14.2 Å². The van der Waals surface area contributed by atoms with E-state index in [4.69, 9.17) is 16.3 Å². The van der Waals surface area contributed by atoms with Crippen molar-refractivity contribution in [2.24, 2.45) is 0 Å². The maximum atomic E-state index is 13.7. The highest BCUT2D eigenvalue weighted by atomic mass is 35.5. The van der Waals surface area contributed by atoms with Gasteiger partial charge in [-0.05, 0) is 29.3 Å². The van der Waals surface area contributed by atoms with Gasteiger partial charge in [-0.1, -0.05) is 41.9 Å². The summed E-state index contributed by atoms with van der Waals surface area (Å²) in [5, 5.41) is 15.2. The van der Waals surface area contributed by atoms with Gasteiger partial charge in [-0.15, -0.1) is 12.4 Å². The molecule has 1 fully saturated rings. The quantitative estimate of drug-likeness (QED) is 0.865. The summed E-state index contributed by atoms with van der Waals surface area (Å²) in [5.74, 6) is -0.385. The van der Waals surface area contributed by atoms with E-state index in [0.717, 1.165) is 12.1 Å². The molecule has 0 aromatic heterocycles. The van der Waals surface area contributed by atoms with Crippen LogP contribution in [-0.4, -0.2) is 30.9 Å². The number of rotatable bonds is 4. The number of aliphatic hydroxyl groups is 1. The zero-order valence-electron chi connectivity index (χ0n) is 13.0. The fourth-order valence-corrected chi connectivity index (χ4v) is 3.17. The summed E-state index contributed by atoms with van der Waals surface area (Å²) >= 11 is 6.25. The normalized spacial score (nSPS) is 20.0. The Morgan fingerprint density at radius 3 is 2.71 bits per heavy atom. The van der Waals surface area contributed by atoms with Crippen molar-refractivity contribution in [2.75, 3.05) is 19.7 Å². The van der Waals surface area contributed by atoms with E-state index in [2.05, 4.69) is 5.32 Å². The molecular weight excluding hydrogens is 352 g/mol. The highest BCUT2D eigenvalue weighted by Gasteiger charge is 2.41. The lowest BCUT2D eigenvalue weighted by Crippen LogP contribution is -2.52. The van der Waals surface area contributed by atoms with Crippen LogP contribution in [-0.2, 0) is 16.8 Å². The molecule has 130 valence electrons. The van der Waals surface area contributed by atoms with E-state index in [1.54, 1.807) is 18.2 Å². The average molecular weight is 372 g/mol. The summed E-state index contributed by atoms with van der Waals surface area (Å²) in [7, 11) is 0. The number of halogens is 3. The SMILES string of the molecule is Cl.O[C@](Cc1ccccc1Cl)(c1cccc(F)c1)[C@H]1CNCCO1. The van der Waals surface area contributed by atoms with Gasteiger partial charge < -0.3 is 15.2 Å². The Bertz CT molecular complexity index is 680. The van der Waals surface area contributed by atoms with Gasteiger partial charge in [-0.25, -0.2) is 4.39 Å². The zero-order valence-corrected chi connectivity index (χ0v) is 14.6. The molecule has 2 aromatic rings. The number of morpholine rings is 1. The summed E-state index contributed by atoms with van der Waals surface area (Å²) in [4.78, 5) is 0. The molecule has 1 saturated heterocycles. The highest BCUT2D eigenvalue weighted by molar-refractivity contribution is 6.31. The molecule has 0 amide bonds. The number of benzene rings is 2. The van der Waals surface area contributed by atoms with Gasteiger partial charge >= 0.3 is 0 Å². The minimum atomic E-state index is -1.36. The number of hydrogen-bond acceptors (Lipinski definition) is 3. The molecule has 3 nitrogen and oxygen atoms in total. The molecule has 0 bridgehead atoms. The average Bonchev–Trinajstić information content (AvgIpc) is 2.58. The van der Waals surface area contributed by atoms with Crippen LogP contribution in [0.15, 0.2) is 48.5 Å². The Balaban J connectivity index is 0.00000208. The van der Waals surface area contributed by atoms with Gasteiger partial charge in [-0.2, -0.15) is 0 Å². The molecule has 3 rings (SSSR count). The summed E-state index contributed by atoms with van der Waals surface area (Å²) in [5.41, 5.74) is -0.0678. The van der Waals surface area contributed by atoms with E-state index < -0.39 is 11.7 Å². The van der Waals surface area contributed by atoms with Crippen molar-refractivity contribution in [3.05, 3.63) is 70.5 Å². The van der Waals surface area contributed by atoms with Crippen molar-refractivity contribution >= 4 is 24.0 Å². The monoisotopic (exact) mass is 371 g/mol. The molecule has 6 heteroatoms. The molecule has 2 atom stereocenters. The predicted molar refractivity (Wildman–Crippen MR) is 95.3 cm³/mol. The second-order valence-electron chi connectivity index (χ2n) is 5.77. The first-order chi connectivity index (χ1) is 11.1. The smallest absolute Gasteiger partial charge is 0.123 e. The first kappa shape index (κ1) is 19.2. The predicted octanol–water partition coefficient (Wildman–Crippen LogP) is 3.32. The summed E-state index contributed by atoms with van der Waals surface area (Å²) in [6.07, 6.45) is -0.225. The Morgan fingerprint density at radius 2 is 2.04 bits per heavy atom. The fourth-order valence-electron chi connectivity index (χ4n) is 2.96. The van der Waals surface area contributed by atoms with Crippen LogP contribution in [0.25, 0.3) is 0 Å². The second-order valence-corrected chi connectivity index (χ2v) is 6.17. The topological polar surface area (TPSA) is 41.5 Å². The Morgan fingerprint density at radius 1 is 1.25 bits per heavy atom. The lowest BCUT2D eigenvalue weighted by atomic mass is 9.82. The van der Waals surface area contributed by atoms with Crippen LogP contribution in [0.2, 0.25) is 5.02 Å². The van der Waals surface area contributed by atoms with Gasteiger partial charge in [0.05, 0.1) is 6.61 Å². The van der Waals surface area contributed by atoms with E-state index >= 15 is 0 Å². The first-order valence-electron chi connectivity index (χ1n) is 7.64. The van der Waals surface area contributed by atoms with Gasteiger partial charge in [0.1, 0.15) is 17.5 Å². The van der Waals surface area contributed by atoms with Crippen molar-refractivity contribution in [1.82, 2.24) is 5.32 Å². The lowest BCUT2D eigenvalue weighted by molar-refractivity contribution is -0.124. The molecular formula is C18H20Cl2FNO2. The number of ether oxygens (including phenoxy) is 1. The van der Waals surface area contributed by atoms with Crippen LogP contribution in [0.1, 0.15) is 11.1 Å². The third-order valence-electron chi connectivity index (χ3n) is 4.20. The second kappa shape index (κ2) is 8.28. The fraction of sp³-hybridized carbons (Fsp3) is 0.333. The van der Waals surface area contributed by atoms with Gasteiger partial charge in [0.2, 0.25) is 0 Å². The molecule has 2 N–H and O–H groups in total. The molecule has 0 unspecified atom stereocenters. The van der Waals surface area contributed by atoms with E-state index in [0.29, 0.717) is 23.7 Å². The van der Waals surface area contributed by atoms with Crippen molar-refractivity contribution in [1.29, 1.82) is 0 Å². The summed E-state index contributed by atoms with van der Waals surface area (Å²) in [6.45, 7) is 1.74. The van der Waals surface area contributed by atoms with Gasteiger partial charge in [0.15, 0.2) is 0 Å². The van der Waals surface area contributed by atoms with Crippen LogP contribution < -0.4 is 5.32 Å². The molecule has 1 aliphatic heterocycles. The standard InChI is InChI=1S/C18H19ClFNO2.ClH/c19-16-7-2-1-4-13(16)11-18(22,17-12-21-8-9-23-17)14-5-3-6-15(20)10-14;/h1-7,10,17,21-22H,8-9,11-12H2;1H/t17-,18-;/m1./s1. The van der Waals surface area contributed by atoms with E-state index in [1.165, 1.54) is 12.1 Å². The Labute approximate surface area is 152 Å². The van der Waals surface area contributed by atoms with Crippen LogP contribution in [0.4, 0.5) is 4.39 Å².